The van der Waals surface area contributed by atoms with E-state index >= 15 is 0 Å². The second-order valence-electron chi connectivity index (χ2n) is 9.83. The van der Waals surface area contributed by atoms with Crippen molar-refractivity contribution >= 4 is 29.4 Å². The molecule has 3 heterocycles. The van der Waals surface area contributed by atoms with Crippen molar-refractivity contribution in [2.45, 2.75) is 23.5 Å². The third kappa shape index (κ3) is 3.21. The Bertz CT molecular complexity index is 1600. The van der Waals surface area contributed by atoms with Crippen LogP contribution in [0.4, 0.5) is 5.69 Å². The minimum Gasteiger partial charge on any atom is -0.405 e. The fourth-order valence-corrected chi connectivity index (χ4v) is 6.21. The highest BCUT2D eigenvalue weighted by Crippen LogP contribution is 2.55. The highest BCUT2D eigenvalue weighted by Gasteiger charge is 2.69. The first-order valence-corrected chi connectivity index (χ1v) is 12.8. The summed E-state index contributed by atoms with van der Waals surface area (Å²) >= 11 is 0. The molecule has 1 saturated heterocycles. The zero-order valence-electron chi connectivity index (χ0n) is 20.5. The van der Waals surface area contributed by atoms with Gasteiger partial charge in [-0.15, -0.1) is 0 Å². The summed E-state index contributed by atoms with van der Waals surface area (Å²) in [4.78, 5) is 35.8. The van der Waals surface area contributed by atoms with Crippen LogP contribution < -0.4 is 4.90 Å². The Balaban J connectivity index is 1.51. The molecule has 1 spiro atoms. The van der Waals surface area contributed by atoms with Crippen molar-refractivity contribution in [3.63, 3.8) is 0 Å². The second kappa shape index (κ2) is 8.67. The summed E-state index contributed by atoms with van der Waals surface area (Å²) in [5.41, 5.74) is 2.76. The van der Waals surface area contributed by atoms with Gasteiger partial charge in [-0.3, -0.25) is 4.79 Å². The van der Waals surface area contributed by atoms with E-state index < -0.39 is 29.5 Å². The van der Waals surface area contributed by atoms with Gasteiger partial charge < -0.3 is 9.64 Å². The molecule has 4 aromatic carbocycles. The molecule has 4 unspecified atom stereocenters. The molecule has 7 rings (SSSR count). The van der Waals surface area contributed by atoms with E-state index in [0.717, 1.165) is 22.4 Å². The first kappa shape index (κ1) is 22.4. The zero-order chi connectivity index (χ0) is 25.7. The molecule has 184 valence electrons. The minimum atomic E-state index is -1.34. The van der Waals surface area contributed by atoms with Gasteiger partial charge in [0.2, 0.25) is 5.90 Å². The first-order valence-electron chi connectivity index (χ1n) is 12.8. The average molecular weight is 497 g/mol. The highest BCUT2D eigenvalue weighted by atomic mass is 16.6. The van der Waals surface area contributed by atoms with Crippen molar-refractivity contribution in [2.24, 2.45) is 4.99 Å². The van der Waals surface area contributed by atoms with Crippen molar-refractivity contribution < 1.29 is 14.3 Å². The molecule has 5 heteroatoms. The molecule has 0 amide bonds. The number of aliphatic imine (C=N–C) groups is 1. The molecular weight excluding hydrogens is 472 g/mol. The van der Waals surface area contributed by atoms with E-state index in [1.165, 1.54) is 0 Å². The van der Waals surface area contributed by atoms with Crippen LogP contribution in [-0.2, 0) is 9.53 Å². The van der Waals surface area contributed by atoms with Crippen LogP contribution in [-0.4, -0.2) is 35.3 Å². The van der Waals surface area contributed by atoms with Crippen LogP contribution in [0.2, 0.25) is 0 Å². The lowest BCUT2D eigenvalue weighted by Crippen LogP contribution is -2.49. The van der Waals surface area contributed by atoms with Gasteiger partial charge >= 0.3 is 5.97 Å². The molecule has 0 bridgehead atoms. The maximum atomic E-state index is 14.4. The van der Waals surface area contributed by atoms with E-state index in [4.69, 9.17) is 9.73 Å². The summed E-state index contributed by atoms with van der Waals surface area (Å²) in [5.74, 6) is -0.780. The quantitative estimate of drug-likeness (QED) is 0.269. The van der Waals surface area contributed by atoms with Gasteiger partial charge in [0.05, 0.1) is 12.0 Å². The molecule has 3 aliphatic rings. The second-order valence-corrected chi connectivity index (χ2v) is 9.83. The Morgan fingerprint density at radius 1 is 0.789 bits per heavy atom. The van der Waals surface area contributed by atoms with Crippen molar-refractivity contribution in [1.29, 1.82) is 0 Å². The molecule has 3 aliphatic heterocycles. The SMILES string of the molecule is O=C(c1ccccc1)C1C(c2ccccc2)C2(N=C(c3ccccc3)OC2=O)C2C=Cc3ccccc3N12. The molecule has 0 aliphatic carbocycles. The van der Waals surface area contributed by atoms with E-state index in [-0.39, 0.29) is 11.7 Å². The summed E-state index contributed by atoms with van der Waals surface area (Å²) in [6.07, 6.45) is 4.04. The molecule has 1 fully saturated rings. The molecule has 4 aromatic rings. The van der Waals surface area contributed by atoms with Crippen molar-refractivity contribution in [3.05, 3.63) is 144 Å². The van der Waals surface area contributed by atoms with Crippen molar-refractivity contribution in [1.82, 2.24) is 0 Å². The summed E-state index contributed by atoms with van der Waals surface area (Å²) in [5, 5.41) is 0. The number of fused-ring (bicyclic) bond motifs is 4. The van der Waals surface area contributed by atoms with E-state index in [1.807, 2.05) is 127 Å². The number of cyclic esters (lactones) is 1. The number of hydrogen-bond donors (Lipinski definition) is 0. The van der Waals surface area contributed by atoms with Gasteiger partial charge in [0.15, 0.2) is 11.3 Å². The van der Waals surface area contributed by atoms with Gasteiger partial charge in [-0.1, -0.05) is 109 Å². The molecule has 0 N–H and O–H groups in total. The molecule has 5 nitrogen and oxygen atoms in total. The number of esters is 1. The van der Waals surface area contributed by atoms with Gasteiger partial charge in [-0.25, -0.2) is 9.79 Å². The summed E-state index contributed by atoms with van der Waals surface area (Å²) in [6, 6.07) is 35.4. The smallest absolute Gasteiger partial charge is 0.344 e. The predicted octanol–water partition coefficient (Wildman–Crippen LogP) is 5.68. The Kier molecular flexibility index (Phi) is 5.11. The van der Waals surface area contributed by atoms with Gasteiger partial charge in [0.1, 0.15) is 6.04 Å². The van der Waals surface area contributed by atoms with Gasteiger partial charge in [-0.05, 0) is 29.3 Å². The van der Waals surface area contributed by atoms with E-state index in [9.17, 15) is 9.59 Å². The Labute approximate surface area is 220 Å². The standard InChI is InChI=1S/C33H24N2O3/c36-30(24-15-6-2-7-16-24)29-28(23-13-4-1-5-14-23)33(27-21-20-22-12-10-11-19-26(22)35(27)29)32(37)38-31(34-33)25-17-8-3-9-18-25/h1-21,27-29H. The molecule has 0 radical (unpaired) electrons. The van der Waals surface area contributed by atoms with Crippen LogP contribution in [0.1, 0.15) is 33.0 Å². The normalized spacial score (nSPS) is 25.1. The Morgan fingerprint density at radius 2 is 1.42 bits per heavy atom. The number of benzene rings is 4. The number of anilines is 1. The maximum Gasteiger partial charge on any atom is 0.344 e. The third-order valence-electron chi connectivity index (χ3n) is 7.82. The van der Waals surface area contributed by atoms with Crippen molar-refractivity contribution in [2.75, 3.05) is 4.90 Å². The third-order valence-corrected chi connectivity index (χ3v) is 7.82. The molecular formula is C33H24N2O3. The fourth-order valence-electron chi connectivity index (χ4n) is 6.21. The fraction of sp³-hybridized carbons (Fsp3) is 0.121. The van der Waals surface area contributed by atoms with E-state index in [0.29, 0.717) is 5.56 Å². The van der Waals surface area contributed by atoms with Crippen molar-refractivity contribution in [3.8, 4) is 0 Å². The Hall–Kier alpha value is -4.77. The lowest BCUT2D eigenvalue weighted by molar-refractivity contribution is -0.139. The van der Waals surface area contributed by atoms with Crippen LogP contribution in [0.3, 0.4) is 0 Å². The lowest BCUT2D eigenvalue weighted by atomic mass is 9.74. The number of ketones is 1. The average Bonchev–Trinajstić information content (AvgIpc) is 3.49. The highest BCUT2D eigenvalue weighted by molar-refractivity contribution is 6.12. The monoisotopic (exact) mass is 496 g/mol. The molecule has 0 aromatic heterocycles. The zero-order valence-corrected chi connectivity index (χ0v) is 20.5. The van der Waals surface area contributed by atoms with Gasteiger partial charge in [0.25, 0.3) is 0 Å². The topological polar surface area (TPSA) is 59.0 Å². The number of ether oxygens (including phenoxy) is 1. The van der Waals surface area contributed by atoms with Crippen LogP contribution in [0.15, 0.2) is 126 Å². The summed E-state index contributed by atoms with van der Waals surface area (Å²) in [7, 11) is 0. The van der Waals surface area contributed by atoms with E-state index in [1.54, 1.807) is 0 Å². The number of para-hydroxylation sites is 1. The first-order chi connectivity index (χ1) is 18.7. The number of Topliss-reactive ketones (excluding diaryl/α,β-unsaturated/α-hetero) is 1. The number of nitrogens with zero attached hydrogens (tertiary/aromatic N) is 2. The lowest BCUT2D eigenvalue weighted by Gasteiger charge is -2.35. The van der Waals surface area contributed by atoms with E-state index in [2.05, 4.69) is 4.90 Å². The number of carbonyl (C=O) groups is 2. The maximum absolute atomic E-state index is 14.4. The number of carbonyl (C=O) groups excluding carboxylic acids is 2. The Morgan fingerprint density at radius 3 is 2.16 bits per heavy atom. The van der Waals surface area contributed by atoms with Gasteiger partial charge in [0, 0.05) is 16.8 Å². The van der Waals surface area contributed by atoms with Crippen LogP contribution in [0, 0.1) is 0 Å². The van der Waals surface area contributed by atoms with Crippen LogP contribution in [0.5, 0.6) is 0 Å². The molecule has 0 saturated carbocycles. The molecule has 4 atom stereocenters. The summed E-state index contributed by atoms with van der Waals surface area (Å²) < 4.78 is 5.95. The minimum absolute atomic E-state index is 0.0532. The number of hydrogen-bond acceptors (Lipinski definition) is 5. The van der Waals surface area contributed by atoms with Crippen LogP contribution in [0.25, 0.3) is 6.08 Å². The predicted molar refractivity (Wildman–Crippen MR) is 147 cm³/mol. The largest absolute Gasteiger partial charge is 0.405 e. The van der Waals surface area contributed by atoms with Gasteiger partial charge in [-0.2, -0.15) is 0 Å². The van der Waals surface area contributed by atoms with Crippen LogP contribution >= 0.6 is 0 Å². The molecule has 38 heavy (non-hydrogen) atoms. The number of rotatable bonds is 4. The summed E-state index contributed by atoms with van der Waals surface area (Å²) in [6.45, 7) is 0.